The number of ketones is 1. The third-order valence-corrected chi connectivity index (χ3v) is 6.12. The molecule has 2 aliphatic heterocycles. The Balaban J connectivity index is 2.17. The van der Waals surface area contributed by atoms with Crippen molar-refractivity contribution in [3.05, 3.63) is 65.0 Å². The Morgan fingerprint density at radius 1 is 1.42 bits per heavy atom. The molecule has 2 heterocycles. The van der Waals surface area contributed by atoms with Gasteiger partial charge in [0, 0.05) is 52.6 Å². The Morgan fingerprint density at radius 2 is 2.12 bits per heavy atom. The zero-order valence-corrected chi connectivity index (χ0v) is 20.5. The van der Waals surface area contributed by atoms with Gasteiger partial charge in [0.15, 0.2) is 5.78 Å². The molecule has 2 aliphatic rings. The fourth-order valence-corrected chi connectivity index (χ4v) is 4.36. The van der Waals surface area contributed by atoms with E-state index in [-0.39, 0.29) is 17.2 Å². The number of ether oxygens (including phenoxy) is 1. The van der Waals surface area contributed by atoms with Gasteiger partial charge in [-0.05, 0) is 55.0 Å². The minimum atomic E-state index is -0.525. The van der Waals surface area contributed by atoms with Crippen LogP contribution in [0.3, 0.4) is 0 Å². The number of nitrogens with two attached hydrogens (primary N) is 1. The molecule has 0 fully saturated rings. The van der Waals surface area contributed by atoms with Crippen LogP contribution in [0.5, 0.6) is 5.75 Å². The molecule has 1 aromatic carbocycles. The predicted octanol–water partition coefficient (Wildman–Crippen LogP) is 4.10. The molecule has 0 amide bonds. The van der Waals surface area contributed by atoms with Crippen molar-refractivity contribution >= 4 is 23.3 Å². The molecular formula is C27H35N3O3. The Hall–Kier alpha value is -3.12. The van der Waals surface area contributed by atoms with Gasteiger partial charge in [-0.2, -0.15) is 0 Å². The van der Waals surface area contributed by atoms with Gasteiger partial charge in [-0.3, -0.25) is 9.79 Å². The number of methoxy groups -OCH3 is 1. The van der Waals surface area contributed by atoms with Crippen molar-refractivity contribution < 1.29 is 14.6 Å². The van der Waals surface area contributed by atoms with Crippen LogP contribution < -0.4 is 10.5 Å². The second-order valence-corrected chi connectivity index (χ2v) is 9.82. The first-order valence-corrected chi connectivity index (χ1v) is 11.2. The van der Waals surface area contributed by atoms with Gasteiger partial charge in [0.25, 0.3) is 0 Å². The molecule has 0 bridgehead atoms. The normalized spacial score (nSPS) is 19.6. The highest BCUT2D eigenvalue weighted by atomic mass is 16.5. The number of hydrogen-bond donors (Lipinski definition) is 2. The van der Waals surface area contributed by atoms with Gasteiger partial charge in [0.2, 0.25) is 0 Å². The number of hydrogen-bond acceptors (Lipinski definition) is 6. The number of carbonyl (C=O) groups excluding carboxylic acids is 1. The number of fused-ring (bicyclic) bond motifs is 3. The van der Waals surface area contributed by atoms with Crippen LogP contribution in [0.1, 0.15) is 51.3 Å². The summed E-state index contributed by atoms with van der Waals surface area (Å²) < 4.78 is 5.74. The zero-order valence-electron chi connectivity index (χ0n) is 20.5. The van der Waals surface area contributed by atoms with Crippen LogP contribution in [0, 0.1) is 5.41 Å². The standard InChI is InChI=1S/C27H35N3O3/c1-16-8-24-21-11-25(33-7)22(20(12-28)14-29-13-17(2)31)9-19(21)10-26(27(4,5)6)30(24)15-23(16)18(3)32/h8-9,11-12,14-15,17,26,31H,1,10,13,28H2,2-7H3. The molecule has 3 N–H and O–H groups in total. The van der Waals surface area contributed by atoms with Crippen LogP contribution in [-0.2, 0) is 11.2 Å². The summed E-state index contributed by atoms with van der Waals surface area (Å²) in [6.07, 6.45) is 7.41. The molecule has 6 nitrogen and oxygen atoms in total. The SMILES string of the molecule is C=C1C=C2c3cc(OC)c(C(C=NCC(C)O)=CN)cc3CC(C(C)(C)C)N2C=C1C(C)=O. The van der Waals surface area contributed by atoms with E-state index in [9.17, 15) is 9.90 Å². The highest BCUT2D eigenvalue weighted by molar-refractivity contribution is 6.11. The second-order valence-electron chi connectivity index (χ2n) is 9.82. The fourth-order valence-electron chi connectivity index (χ4n) is 4.36. The third-order valence-electron chi connectivity index (χ3n) is 6.12. The lowest BCUT2D eigenvalue weighted by atomic mass is 9.76. The molecule has 176 valence electrons. The number of allylic oxidation sites excluding steroid dienone is 4. The minimum Gasteiger partial charge on any atom is -0.496 e. The van der Waals surface area contributed by atoms with Crippen molar-refractivity contribution in [2.24, 2.45) is 16.1 Å². The summed E-state index contributed by atoms with van der Waals surface area (Å²) in [6.45, 7) is 14.3. The molecule has 3 rings (SSSR count). The summed E-state index contributed by atoms with van der Waals surface area (Å²) >= 11 is 0. The second kappa shape index (κ2) is 9.40. The van der Waals surface area contributed by atoms with E-state index in [1.54, 1.807) is 27.2 Å². The van der Waals surface area contributed by atoms with E-state index in [0.717, 1.165) is 28.8 Å². The Bertz CT molecular complexity index is 1080. The number of benzene rings is 1. The lowest BCUT2D eigenvalue weighted by Gasteiger charge is -2.46. The van der Waals surface area contributed by atoms with Crippen LogP contribution in [-0.4, -0.2) is 47.8 Å². The third kappa shape index (κ3) is 4.96. The first-order valence-electron chi connectivity index (χ1n) is 11.2. The number of aliphatic hydroxyl groups excluding tert-OH is 1. The molecule has 0 aromatic heterocycles. The first kappa shape index (κ1) is 24.5. The molecule has 0 radical (unpaired) electrons. The molecule has 0 spiro atoms. The molecular weight excluding hydrogens is 414 g/mol. The van der Waals surface area contributed by atoms with E-state index >= 15 is 0 Å². The van der Waals surface area contributed by atoms with Gasteiger partial charge in [-0.25, -0.2) is 0 Å². The average Bonchev–Trinajstić information content (AvgIpc) is 2.73. The molecule has 1 aromatic rings. The van der Waals surface area contributed by atoms with Gasteiger partial charge in [0.05, 0.1) is 19.8 Å². The van der Waals surface area contributed by atoms with E-state index < -0.39 is 6.10 Å². The number of nitrogens with zero attached hydrogens (tertiary/aromatic N) is 2. The number of Topliss-reactive ketones (excluding diaryl/α,β-unsaturated/α-hetero) is 1. The maximum absolute atomic E-state index is 12.2. The molecule has 2 atom stereocenters. The van der Waals surface area contributed by atoms with Crippen LogP contribution in [0.4, 0.5) is 0 Å². The number of aliphatic hydroxyl groups is 1. The van der Waals surface area contributed by atoms with Crippen molar-refractivity contribution in [2.45, 2.75) is 53.2 Å². The maximum Gasteiger partial charge on any atom is 0.161 e. The van der Waals surface area contributed by atoms with Crippen molar-refractivity contribution in [2.75, 3.05) is 13.7 Å². The van der Waals surface area contributed by atoms with Crippen LogP contribution in [0.25, 0.3) is 11.3 Å². The lowest BCUT2D eigenvalue weighted by molar-refractivity contribution is -0.113. The molecule has 0 aliphatic carbocycles. The van der Waals surface area contributed by atoms with E-state index in [2.05, 4.69) is 43.3 Å². The number of rotatable bonds is 6. The van der Waals surface area contributed by atoms with Gasteiger partial charge >= 0.3 is 0 Å². The summed E-state index contributed by atoms with van der Waals surface area (Å²) in [5.41, 5.74) is 12.1. The smallest absolute Gasteiger partial charge is 0.161 e. The Labute approximate surface area is 196 Å². The quantitative estimate of drug-likeness (QED) is 0.639. The summed E-state index contributed by atoms with van der Waals surface area (Å²) in [7, 11) is 1.63. The molecule has 0 saturated carbocycles. The van der Waals surface area contributed by atoms with Crippen LogP contribution >= 0.6 is 0 Å². The molecule has 33 heavy (non-hydrogen) atoms. The highest BCUT2D eigenvalue weighted by Gasteiger charge is 2.38. The first-order chi connectivity index (χ1) is 15.5. The Kier molecular flexibility index (Phi) is 6.98. The van der Waals surface area contributed by atoms with Gasteiger partial charge in [-0.1, -0.05) is 27.4 Å². The van der Waals surface area contributed by atoms with Crippen molar-refractivity contribution in [3.8, 4) is 5.75 Å². The van der Waals surface area contributed by atoms with Gasteiger partial charge in [0.1, 0.15) is 5.75 Å². The summed E-state index contributed by atoms with van der Waals surface area (Å²) in [4.78, 5) is 18.7. The van der Waals surface area contributed by atoms with Crippen molar-refractivity contribution in [1.82, 2.24) is 4.90 Å². The van der Waals surface area contributed by atoms with E-state index in [4.69, 9.17) is 10.5 Å². The molecule has 2 unspecified atom stereocenters. The van der Waals surface area contributed by atoms with Gasteiger partial charge < -0.3 is 20.5 Å². The predicted molar refractivity (Wildman–Crippen MR) is 135 cm³/mol. The molecule has 0 saturated heterocycles. The number of aliphatic imine (C=N–C) groups is 1. The Morgan fingerprint density at radius 3 is 2.67 bits per heavy atom. The summed E-state index contributed by atoms with van der Waals surface area (Å²) in [5.74, 6) is 0.687. The average molecular weight is 450 g/mol. The van der Waals surface area contributed by atoms with E-state index in [0.29, 0.717) is 23.4 Å². The largest absolute Gasteiger partial charge is 0.496 e. The van der Waals surface area contributed by atoms with E-state index in [1.165, 1.54) is 11.8 Å². The van der Waals surface area contributed by atoms with Crippen LogP contribution in [0.15, 0.2) is 53.3 Å². The van der Waals surface area contributed by atoms with E-state index in [1.807, 2.05) is 18.3 Å². The minimum absolute atomic E-state index is 0.0101. The zero-order chi connectivity index (χ0) is 24.5. The monoisotopic (exact) mass is 449 g/mol. The number of carbonyl (C=O) groups is 1. The lowest BCUT2D eigenvalue weighted by Crippen LogP contribution is -2.45. The fraction of sp³-hybridized carbons (Fsp3) is 0.407. The summed E-state index contributed by atoms with van der Waals surface area (Å²) in [5, 5.41) is 9.52. The van der Waals surface area contributed by atoms with Gasteiger partial charge in [-0.15, -0.1) is 0 Å². The van der Waals surface area contributed by atoms with Crippen LogP contribution in [0.2, 0.25) is 0 Å². The summed E-state index contributed by atoms with van der Waals surface area (Å²) in [6, 6.07) is 4.29. The van der Waals surface area contributed by atoms with Crippen molar-refractivity contribution in [1.29, 1.82) is 0 Å². The topological polar surface area (TPSA) is 88.2 Å². The molecule has 6 heteroatoms. The maximum atomic E-state index is 12.2. The van der Waals surface area contributed by atoms with Crippen molar-refractivity contribution in [3.63, 3.8) is 0 Å². The highest BCUT2D eigenvalue weighted by Crippen LogP contribution is 2.45.